The monoisotopic (exact) mass is 851 g/mol. The number of piperazine rings is 1. The predicted octanol–water partition coefficient (Wildman–Crippen LogP) is 3.94. The van der Waals surface area contributed by atoms with Gasteiger partial charge in [0.2, 0.25) is 11.8 Å². The number of aromatic nitrogens is 2. The Balaban J connectivity index is 0.733. The smallest absolute Gasteiger partial charge is 0.264 e. The van der Waals surface area contributed by atoms with Crippen LogP contribution in [-0.4, -0.2) is 137 Å². The number of imide groups is 1. The number of fused-ring (bicyclic) bond motifs is 6. The molecule has 10 rings (SSSR count). The Kier molecular flexibility index (Phi) is 9.85. The van der Waals surface area contributed by atoms with Crippen LogP contribution in [0.25, 0.3) is 11.3 Å². The topological polar surface area (TPSA) is 150 Å². The van der Waals surface area contributed by atoms with Crippen LogP contribution in [0.3, 0.4) is 0 Å². The van der Waals surface area contributed by atoms with E-state index < -0.39 is 47.5 Å². The van der Waals surface area contributed by atoms with E-state index >= 15 is 13.2 Å². The van der Waals surface area contributed by atoms with Crippen molar-refractivity contribution in [3.8, 4) is 17.0 Å². The van der Waals surface area contributed by atoms with E-state index in [0.717, 1.165) is 55.4 Å². The Morgan fingerprint density at radius 3 is 2.52 bits per heavy atom. The first-order valence-corrected chi connectivity index (χ1v) is 21.0. The quantitative estimate of drug-likeness (QED) is 0.180. The van der Waals surface area contributed by atoms with Gasteiger partial charge in [-0.2, -0.15) is 0 Å². The van der Waals surface area contributed by atoms with Gasteiger partial charge in [0.05, 0.1) is 24.0 Å². The summed E-state index contributed by atoms with van der Waals surface area (Å²) < 4.78 is 81.2. The van der Waals surface area contributed by atoms with E-state index in [2.05, 4.69) is 53.7 Å². The van der Waals surface area contributed by atoms with Crippen molar-refractivity contribution in [3.63, 3.8) is 0 Å². The van der Waals surface area contributed by atoms with E-state index in [9.17, 15) is 28.3 Å². The number of phenols is 1. The standard InChI is InChI=1S/C42H46F5N9O5/c43-25-15-28(34(58)29(44)16-25)30-18-32-36(51-50-30)48-21-42(39(45)46)22-54(13-14-56(32)42)40(60)41(47)7-11-52(12-8-41)19-23-5-9-53(10-6-23)26-2-1-24-20-55(38-35(61-38)27(24)17-26)31-3-4-33(57)49-37(31)59/h1-2,15-18,23,31,35,38-39,58H,3-14,19-22H2,(H,48,51)(H,49,57,59)/t31-,35?,38?,42+/m0/s1. The largest absolute Gasteiger partial charge is 0.504 e. The van der Waals surface area contributed by atoms with Crippen molar-refractivity contribution in [1.82, 2.24) is 30.2 Å². The molecule has 5 fully saturated rings. The summed E-state index contributed by atoms with van der Waals surface area (Å²) in [4.78, 5) is 47.3. The minimum atomic E-state index is -2.98. The second kappa shape index (κ2) is 15.0. The lowest BCUT2D eigenvalue weighted by atomic mass is 9.87. The summed E-state index contributed by atoms with van der Waals surface area (Å²) in [5, 5.41) is 23.6. The molecule has 5 saturated heterocycles. The number of epoxide rings is 1. The van der Waals surface area contributed by atoms with Crippen molar-refractivity contribution >= 4 is 34.9 Å². The molecule has 3 amide bonds. The highest BCUT2D eigenvalue weighted by atomic mass is 19.3. The lowest BCUT2D eigenvalue weighted by Gasteiger charge is -2.54. The number of halogens is 5. The average Bonchev–Trinajstić information content (AvgIpc) is 4.07. The van der Waals surface area contributed by atoms with Crippen LogP contribution < -0.4 is 20.4 Å². The van der Waals surface area contributed by atoms with Crippen LogP contribution in [0.5, 0.6) is 5.75 Å². The number of likely N-dealkylation sites (tertiary alicyclic amines) is 1. The van der Waals surface area contributed by atoms with Gasteiger partial charge in [0.1, 0.15) is 23.7 Å². The summed E-state index contributed by atoms with van der Waals surface area (Å²) in [6.07, 6.45) is -0.618. The van der Waals surface area contributed by atoms with Crippen molar-refractivity contribution in [3.05, 3.63) is 59.2 Å². The van der Waals surface area contributed by atoms with Crippen LogP contribution in [0.2, 0.25) is 0 Å². The number of nitrogens with zero attached hydrogens (tertiary/aromatic N) is 7. The van der Waals surface area contributed by atoms with Gasteiger partial charge in [-0.15, -0.1) is 10.2 Å². The fraction of sp³-hybridized carbons (Fsp3) is 0.548. The molecular formula is C42H46F5N9O5. The van der Waals surface area contributed by atoms with Crippen LogP contribution in [0, 0.1) is 17.6 Å². The molecule has 2 unspecified atom stereocenters. The molecule has 3 N–H and O–H groups in total. The maximum atomic E-state index is 16.6. The molecule has 0 radical (unpaired) electrons. The average molecular weight is 852 g/mol. The van der Waals surface area contributed by atoms with Crippen molar-refractivity contribution in [2.24, 2.45) is 5.92 Å². The molecule has 2 aromatic carbocycles. The molecule has 7 aliphatic rings. The number of hydrogen-bond donors (Lipinski definition) is 3. The molecule has 8 heterocycles. The lowest BCUT2D eigenvalue weighted by molar-refractivity contribution is -0.150. The molecular weight excluding hydrogens is 806 g/mol. The Labute approximate surface area is 348 Å². The number of rotatable bonds is 7. The second-order valence-corrected chi connectivity index (χ2v) is 17.5. The first-order chi connectivity index (χ1) is 29.3. The number of aromatic hydroxyl groups is 1. The highest BCUT2D eigenvalue weighted by molar-refractivity contribution is 6.00. The van der Waals surface area contributed by atoms with Gasteiger partial charge < -0.3 is 34.8 Å². The Bertz CT molecular complexity index is 2270. The van der Waals surface area contributed by atoms with E-state index in [4.69, 9.17) is 4.74 Å². The summed E-state index contributed by atoms with van der Waals surface area (Å²) in [5.74, 6) is -3.79. The number of anilines is 3. The van der Waals surface area contributed by atoms with Crippen LogP contribution in [-0.2, 0) is 25.7 Å². The molecule has 0 spiro atoms. The predicted molar refractivity (Wildman–Crippen MR) is 210 cm³/mol. The van der Waals surface area contributed by atoms with Crippen molar-refractivity contribution < 1.29 is 46.2 Å². The number of ether oxygens (including phenoxy) is 1. The molecule has 14 nitrogen and oxygen atoms in total. The third-order valence-electron chi connectivity index (χ3n) is 13.9. The van der Waals surface area contributed by atoms with Gasteiger partial charge in [-0.25, -0.2) is 22.0 Å². The fourth-order valence-electron chi connectivity index (χ4n) is 10.4. The number of nitrogens with one attached hydrogen (secondary N) is 2. The fourth-order valence-corrected chi connectivity index (χ4v) is 10.4. The minimum Gasteiger partial charge on any atom is -0.504 e. The van der Waals surface area contributed by atoms with Gasteiger partial charge in [-0.1, -0.05) is 6.07 Å². The zero-order valence-electron chi connectivity index (χ0n) is 33.3. The molecule has 4 atom stereocenters. The first-order valence-electron chi connectivity index (χ1n) is 21.0. The maximum Gasteiger partial charge on any atom is 0.264 e. The normalized spacial score (nSPS) is 27.8. The molecule has 7 aliphatic heterocycles. The number of piperidine rings is 3. The Morgan fingerprint density at radius 2 is 1.77 bits per heavy atom. The van der Waals surface area contributed by atoms with Crippen molar-refractivity contribution in [2.45, 2.75) is 81.1 Å². The number of hydrogen-bond acceptors (Lipinski definition) is 12. The number of carbonyl (C=O) groups is 3. The molecule has 3 aromatic rings. The van der Waals surface area contributed by atoms with E-state index in [1.165, 1.54) is 15.9 Å². The van der Waals surface area contributed by atoms with Crippen molar-refractivity contribution in [1.29, 1.82) is 0 Å². The number of phenolic OH excluding ortho intramolecular Hbond substituents is 1. The summed E-state index contributed by atoms with van der Waals surface area (Å²) in [5.41, 5.74) is -1.03. The van der Waals surface area contributed by atoms with Crippen LogP contribution >= 0.6 is 0 Å². The highest BCUT2D eigenvalue weighted by Crippen LogP contribution is 2.50. The molecule has 1 aromatic heterocycles. The number of benzene rings is 2. The lowest BCUT2D eigenvalue weighted by Crippen LogP contribution is -2.72. The van der Waals surface area contributed by atoms with Gasteiger partial charge in [0, 0.05) is 95.5 Å². The van der Waals surface area contributed by atoms with Gasteiger partial charge in [0.15, 0.2) is 23.1 Å². The number of amides is 3. The highest BCUT2D eigenvalue weighted by Gasteiger charge is 2.56. The summed E-state index contributed by atoms with van der Waals surface area (Å²) in [6.45, 7) is 2.94. The van der Waals surface area contributed by atoms with Gasteiger partial charge in [-0.3, -0.25) is 24.6 Å². The second-order valence-electron chi connectivity index (χ2n) is 17.5. The number of carbonyl (C=O) groups excluding carboxylic acids is 3. The minimum absolute atomic E-state index is 0.0303. The van der Waals surface area contributed by atoms with Gasteiger partial charge >= 0.3 is 0 Å². The van der Waals surface area contributed by atoms with E-state index in [0.29, 0.717) is 44.5 Å². The zero-order chi connectivity index (χ0) is 42.4. The first kappa shape index (κ1) is 40.0. The zero-order valence-corrected chi connectivity index (χ0v) is 33.3. The van der Waals surface area contributed by atoms with Gasteiger partial charge in [-0.05, 0) is 60.6 Å². The third kappa shape index (κ3) is 7.01. The summed E-state index contributed by atoms with van der Waals surface area (Å²) in [6, 6.07) is 8.75. The van der Waals surface area contributed by atoms with E-state index in [1.54, 1.807) is 0 Å². The van der Waals surface area contributed by atoms with Gasteiger partial charge in [0.25, 0.3) is 12.3 Å². The van der Waals surface area contributed by atoms with E-state index in [1.807, 2.05) is 0 Å². The van der Waals surface area contributed by atoms with Crippen LogP contribution in [0.4, 0.5) is 39.1 Å². The van der Waals surface area contributed by atoms with Crippen molar-refractivity contribution in [2.75, 3.05) is 74.0 Å². The maximum absolute atomic E-state index is 16.6. The molecule has 61 heavy (non-hydrogen) atoms. The molecule has 0 bridgehead atoms. The molecule has 324 valence electrons. The SMILES string of the molecule is O=C1CC[C@H](N2Cc3ccc(N4CCC(CN5CCC(F)(C(=O)N6CCN7c8cc(-c9cc(F)cc(F)c9O)nnc8NC[C@]7(C(F)F)C6)CC5)CC4)cc3C3OC32)C(=O)N1. The van der Waals surface area contributed by atoms with Crippen LogP contribution in [0.15, 0.2) is 36.4 Å². The van der Waals surface area contributed by atoms with E-state index in [-0.39, 0.29) is 85.4 Å². The Hall–Kier alpha value is -5.14. The molecule has 19 heteroatoms. The molecule has 0 saturated carbocycles. The third-order valence-corrected chi connectivity index (χ3v) is 13.9. The molecule has 0 aliphatic carbocycles. The number of alkyl halides is 3. The summed E-state index contributed by atoms with van der Waals surface area (Å²) >= 11 is 0. The van der Waals surface area contributed by atoms with Crippen LogP contribution in [0.1, 0.15) is 55.8 Å². The summed E-state index contributed by atoms with van der Waals surface area (Å²) in [7, 11) is 0. The Morgan fingerprint density at radius 1 is 0.984 bits per heavy atom.